The molecule has 0 radical (unpaired) electrons. The zero-order chi connectivity index (χ0) is 19.7. The number of hydrogen-bond acceptors (Lipinski definition) is 7. The van der Waals surface area contributed by atoms with E-state index in [1.54, 1.807) is 13.0 Å². The number of hydrogen-bond donors (Lipinski definition) is 2. The molecule has 27 heavy (non-hydrogen) atoms. The number of ether oxygens (including phenoxy) is 1. The Morgan fingerprint density at radius 2 is 2.15 bits per heavy atom. The van der Waals surface area contributed by atoms with Crippen molar-refractivity contribution in [1.29, 1.82) is 0 Å². The molecule has 1 aliphatic rings. The number of primary amides is 1. The van der Waals surface area contributed by atoms with E-state index in [-0.39, 0.29) is 5.75 Å². The first-order valence-electron chi connectivity index (χ1n) is 8.31. The Morgan fingerprint density at radius 3 is 2.81 bits per heavy atom. The second kappa shape index (κ2) is 7.31. The molecule has 1 aliphatic carbocycles. The fraction of sp³-hybridized carbons (Fsp3) is 0.353. The number of pyridine rings is 1. The Labute approximate surface area is 158 Å². The minimum Gasteiger partial charge on any atom is -0.473 e. The molecule has 3 rings (SSSR count). The summed E-state index contributed by atoms with van der Waals surface area (Å²) in [6, 6.07) is 2.96. The monoisotopic (exact) mass is 390 g/mol. The summed E-state index contributed by atoms with van der Waals surface area (Å²) in [5, 5.41) is 14.2. The van der Waals surface area contributed by atoms with Gasteiger partial charge in [0.1, 0.15) is 10.7 Å². The van der Waals surface area contributed by atoms with E-state index in [1.807, 2.05) is 0 Å². The number of nitro groups is 1. The lowest BCUT2D eigenvalue weighted by Crippen LogP contribution is -2.31. The number of anilines is 1. The predicted molar refractivity (Wildman–Crippen MR) is 99.2 cm³/mol. The molecule has 142 valence electrons. The summed E-state index contributed by atoms with van der Waals surface area (Å²) in [5.74, 6) is -1.68. The average Bonchev–Trinajstić information content (AvgIpc) is 3.16. The second-order valence-corrected chi connectivity index (χ2v) is 7.31. The number of nitrogens with two attached hydrogens (primary N) is 1. The lowest BCUT2D eigenvalue weighted by Gasteiger charge is -2.14. The first kappa shape index (κ1) is 18.8. The number of amides is 2. The van der Waals surface area contributed by atoms with Crippen LogP contribution < -0.4 is 15.8 Å². The van der Waals surface area contributed by atoms with Crippen molar-refractivity contribution in [3.8, 4) is 5.75 Å². The molecule has 0 fully saturated rings. The van der Waals surface area contributed by atoms with Crippen molar-refractivity contribution >= 4 is 34.0 Å². The van der Waals surface area contributed by atoms with Gasteiger partial charge >= 0.3 is 5.82 Å². The molecule has 2 amide bonds. The van der Waals surface area contributed by atoms with E-state index in [1.165, 1.54) is 24.3 Å². The SMILES string of the molecule is Cc1ccc(O[C@@H](C)C(=O)Nc2sc3c(c2C(N)=O)CCC3)c([N+](=O)[O-])n1. The van der Waals surface area contributed by atoms with Crippen LogP contribution in [0.2, 0.25) is 0 Å². The first-order valence-corrected chi connectivity index (χ1v) is 9.13. The molecule has 10 heteroatoms. The van der Waals surface area contributed by atoms with Gasteiger partial charge in [-0.3, -0.25) is 9.59 Å². The standard InChI is InChI=1S/C17H18N4O5S/c1-8-6-7-11(15(19-8)21(24)25)26-9(2)16(23)20-17-13(14(18)22)10-4-3-5-12(10)27-17/h6-7,9H,3-5H2,1-2H3,(H2,18,22)(H,20,23)/t9-/m0/s1. The number of nitrogens with zero attached hydrogens (tertiary/aromatic N) is 2. The highest BCUT2D eigenvalue weighted by atomic mass is 32.1. The van der Waals surface area contributed by atoms with Crippen LogP contribution in [-0.2, 0) is 17.6 Å². The van der Waals surface area contributed by atoms with E-state index in [0.29, 0.717) is 16.3 Å². The van der Waals surface area contributed by atoms with Gasteiger partial charge in [0.15, 0.2) is 6.10 Å². The van der Waals surface area contributed by atoms with Gasteiger partial charge in [-0.1, -0.05) is 0 Å². The van der Waals surface area contributed by atoms with E-state index in [0.717, 1.165) is 29.7 Å². The molecule has 0 spiro atoms. The van der Waals surface area contributed by atoms with Crippen LogP contribution in [0.25, 0.3) is 0 Å². The van der Waals surface area contributed by atoms with E-state index in [9.17, 15) is 19.7 Å². The minimum atomic E-state index is -1.04. The molecular weight excluding hydrogens is 372 g/mol. The maximum Gasteiger partial charge on any atom is 0.406 e. The minimum absolute atomic E-state index is 0.1000. The molecule has 0 bridgehead atoms. The lowest BCUT2D eigenvalue weighted by molar-refractivity contribution is -0.390. The van der Waals surface area contributed by atoms with E-state index in [2.05, 4.69) is 10.3 Å². The number of carbonyl (C=O) groups excluding carboxylic acids is 2. The van der Waals surface area contributed by atoms with Gasteiger partial charge in [-0.25, -0.2) is 0 Å². The molecule has 9 nitrogen and oxygen atoms in total. The third kappa shape index (κ3) is 3.75. The van der Waals surface area contributed by atoms with Crippen LogP contribution in [0.5, 0.6) is 5.75 Å². The molecule has 1 atom stereocenters. The third-order valence-corrected chi connectivity index (χ3v) is 5.44. The molecule has 2 aromatic heterocycles. The van der Waals surface area contributed by atoms with Gasteiger partial charge in [0, 0.05) is 11.8 Å². The third-order valence-electron chi connectivity index (χ3n) is 4.23. The number of rotatable bonds is 6. The molecule has 0 aliphatic heterocycles. The fourth-order valence-corrected chi connectivity index (χ4v) is 4.26. The molecule has 0 aromatic carbocycles. The number of aryl methyl sites for hydroxylation is 2. The highest BCUT2D eigenvalue weighted by Crippen LogP contribution is 2.39. The Morgan fingerprint density at radius 1 is 1.41 bits per heavy atom. The molecule has 2 aromatic rings. The van der Waals surface area contributed by atoms with Gasteiger partial charge < -0.3 is 25.9 Å². The first-order chi connectivity index (χ1) is 12.8. The molecule has 3 N–H and O–H groups in total. The summed E-state index contributed by atoms with van der Waals surface area (Å²) in [4.78, 5) is 39.6. The molecular formula is C17H18N4O5S. The highest BCUT2D eigenvalue weighted by molar-refractivity contribution is 7.17. The van der Waals surface area contributed by atoms with Crippen molar-refractivity contribution in [2.75, 3.05) is 5.32 Å². The maximum absolute atomic E-state index is 12.5. The molecule has 0 saturated heterocycles. The van der Waals surface area contributed by atoms with Crippen molar-refractivity contribution in [3.63, 3.8) is 0 Å². The van der Waals surface area contributed by atoms with Crippen LogP contribution in [0.1, 0.15) is 39.8 Å². The van der Waals surface area contributed by atoms with E-state index < -0.39 is 28.7 Å². The summed E-state index contributed by atoms with van der Waals surface area (Å²) in [5.41, 5.74) is 7.18. The smallest absolute Gasteiger partial charge is 0.406 e. The molecule has 0 unspecified atom stereocenters. The van der Waals surface area contributed by atoms with Crippen LogP contribution in [0.3, 0.4) is 0 Å². The molecule has 0 saturated carbocycles. The van der Waals surface area contributed by atoms with Gasteiger partial charge in [-0.2, -0.15) is 0 Å². The van der Waals surface area contributed by atoms with Gasteiger partial charge in [-0.05, 0) is 53.8 Å². The van der Waals surface area contributed by atoms with Crippen molar-refractivity contribution in [2.24, 2.45) is 5.73 Å². The van der Waals surface area contributed by atoms with Crippen molar-refractivity contribution in [1.82, 2.24) is 4.98 Å². The van der Waals surface area contributed by atoms with Crippen LogP contribution >= 0.6 is 11.3 Å². The van der Waals surface area contributed by atoms with Gasteiger partial charge in [-0.15, -0.1) is 11.3 Å². The van der Waals surface area contributed by atoms with Gasteiger partial charge in [0.25, 0.3) is 11.8 Å². The topological polar surface area (TPSA) is 137 Å². The maximum atomic E-state index is 12.5. The Hall–Kier alpha value is -3.01. The normalized spacial score (nSPS) is 13.7. The Balaban J connectivity index is 1.78. The fourth-order valence-electron chi connectivity index (χ4n) is 2.96. The Kier molecular flexibility index (Phi) is 5.08. The van der Waals surface area contributed by atoms with E-state index in [4.69, 9.17) is 10.5 Å². The summed E-state index contributed by atoms with van der Waals surface area (Å²) < 4.78 is 5.45. The predicted octanol–water partition coefficient (Wildman–Crippen LogP) is 2.35. The van der Waals surface area contributed by atoms with Crippen LogP contribution in [-0.4, -0.2) is 27.8 Å². The van der Waals surface area contributed by atoms with Crippen molar-refractivity contribution in [3.05, 3.63) is 43.9 Å². The number of carbonyl (C=O) groups is 2. The number of fused-ring (bicyclic) bond motifs is 1. The van der Waals surface area contributed by atoms with Gasteiger partial charge in [0.2, 0.25) is 5.75 Å². The lowest BCUT2D eigenvalue weighted by atomic mass is 10.1. The van der Waals surface area contributed by atoms with Crippen molar-refractivity contribution in [2.45, 2.75) is 39.2 Å². The van der Waals surface area contributed by atoms with Gasteiger partial charge in [0.05, 0.1) is 5.56 Å². The van der Waals surface area contributed by atoms with Crippen LogP contribution in [0.4, 0.5) is 10.8 Å². The zero-order valence-electron chi connectivity index (χ0n) is 14.8. The average molecular weight is 390 g/mol. The quantitative estimate of drug-likeness (QED) is 0.574. The summed E-state index contributed by atoms with van der Waals surface area (Å²) in [6.45, 7) is 3.08. The summed E-state index contributed by atoms with van der Waals surface area (Å²) >= 11 is 1.33. The number of thiophene rings is 1. The van der Waals surface area contributed by atoms with Crippen LogP contribution in [0, 0.1) is 17.0 Å². The Bertz CT molecular complexity index is 940. The summed E-state index contributed by atoms with van der Waals surface area (Å²) in [6.07, 6.45) is 1.53. The van der Waals surface area contributed by atoms with E-state index >= 15 is 0 Å². The highest BCUT2D eigenvalue weighted by Gasteiger charge is 2.28. The summed E-state index contributed by atoms with van der Waals surface area (Å²) in [7, 11) is 0. The number of nitrogens with one attached hydrogen (secondary N) is 1. The van der Waals surface area contributed by atoms with Crippen molar-refractivity contribution < 1.29 is 19.2 Å². The zero-order valence-corrected chi connectivity index (χ0v) is 15.6. The largest absolute Gasteiger partial charge is 0.473 e. The molecule has 2 heterocycles. The van der Waals surface area contributed by atoms with Crippen LogP contribution in [0.15, 0.2) is 12.1 Å². The number of aromatic nitrogens is 1. The second-order valence-electron chi connectivity index (χ2n) is 6.21.